The zero-order chi connectivity index (χ0) is 12.1. The Kier molecular flexibility index (Phi) is 4.82. The molecule has 0 saturated heterocycles. The van der Waals surface area contributed by atoms with Crippen LogP contribution in [-0.4, -0.2) is 5.78 Å². The fraction of sp³-hybridized carbons (Fsp3) is 0.812. The monoisotopic (exact) mass is 234 g/mol. The van der Waals surface area contributed by atoms with Crippen LogP contribution in [0.1, 0.15) is 71.1 Å². The molecule has 0 atom stereocenters. The van der Waals surface area contributed by atoms with Crippen molar-refractivity contribution in [3.8, 4) is 0 Å². The summed E-state index contributed by atoms with van der Waals surface area (Å²) in [7, 11) is 0. The number of hydrogen-bond acceptors (Lipinski definition) is 1. The molecule has 0 aromatic rings. The zero-order valence-corrected chi connectivity index (χ0v) is 11.2. The number of carbonyl (C=O) groups excluding carboxylic acids is 1. The van der Waals surface area contributed by atoms with Gasteiger partial charge in [0.2, 0.25) is 0 Å². The number of ketones is 1. The minimum absolute atomic E-state index is 0.452. The van der Waals surface area contributed by atoms with E-state index in [1.165, 1.54) is 50.5 Å². The molecule has 17 heavy (non-hydrogen) atoms. The molecule has 0 heterocycles. The normalized spacial score (nSPS) is 30.2. The van der Waals surface area contributed by atoms with Crippen LogP contribution in [0.2, 0.25) is 0 Å². The summed E-state index contributed by atoms with van der Waals surface area (Å²) in [6, 6.07) is 0. The van der Waals surface area contributed by atoms with E-state index in [0.29, 0.717) is 11.7 Å². The van der Waals surface area contributed by atoms with Gasteiger partial charge in [-0.1, -0.05) is 32.3 Å². The highest BCUT2D eigenvalue weighted by Gasteiger charge is 2.27. The van der Waals surface area contributed by atoms with Crippen molar-refractivity contribution in [3.05, 3.63) is 11.6 Å². The van der Waals surface area contributed by atoms with E-state index in [1.54, 1.807) is 0 Å². The van der Waals surface area contributed by atoms with Crippen LogP contribution >= 0.6 is 0 Å². The highest BCUT2D eigenvalue weighted by Crippen LogP contribution is 2.37. The van der Waals surface area contributed by atoms with Gasteiger partial charge in [0.1, 0.15) is 0 Å². The molecule has 2 rings (SSSR count). The highest BCUT2D eigenvalue weighted by molar-refractivity contribution is 5.96. The molecule has 1 heteroatoms. The van der Waals surface area contributed by atoms with Crippen molar-refractivity contribution in [1.29, 1.82) is 0 Å². The first-order valence-corrected chi connectivity index (χ1v) is 7.54. The Hall–Kier alpha value is -0.590. The second-order valence-electron chi connectivity index (χ2n) is 5.83. The zero-order valence-electron chi connectivity index (χ0n) is 11.2. The first kappa shape index (κ1) is 12.9. The predicted octanol–water partition coefficient (Wildman–Crippen LogP) is 4.66. The molecule has 1 nitrogen and oxygen atoms in total. The lowest BCUT2D eigenvalue weighted by Crippen LogP contribution is -2.21. The van der Waals surface area contributed by atoms with E-state index in [-0.39, 0.29) is 0 Å². The third-order valence-corrected chi connectivity index (χ3v) is 4.55. The van der Waals surface area contributed by atoms with Gasteiger partial charge in [0.05, 0.1) is 0 Å². The van der Waals surface area contributed by atoms with Crippen LogP contribution in [0.3, 0.4) is 0 Å². The average Bonchev–Trinajstić information content (AvgIpc) is 2.38. The molecule has 0 aliphatic heterocycles. The van der Waals surface area contributed by atoms with Gasteiger partial charge < -0.3 is 0 Å². The van der Waals surface area contributed by atoms with Gasteiger partial charge in [-0.15, -0.1) is 0 Å². The summed E-state index contributed by atoms with van der Waals surface area (Å²) in [6.07, 6.45) is 14.6. The fourth-order valence-electron chi connectivity index (χ4n) is 3.43. The van der Waals surface area contributed by atoms with Gasteiger partial charge in [-0.05, 0) is 55.9 Å². The molecule has 0 unspecified atom stereocenters. The van der Waals surface area contributed by atoms with E-state index in [9.17, 15) is 4.79 Å². The van der Waals surface area contributed by atoms with Gasteiger partial charge in [0, 0.05) is 6.42 Å². The minimum atomic E-state index is 0.452. The first-order chi connectivity index (χ1) is 8.31. The SMILES string of the molecule is CCCC[C@H]1CC[C@H](C2=CCCCC2=O)CC1. The van der Waals surface area contributed by atoms with Crippen molar-refractivity contribution >= 4 is 5.78 Å². The Morgan fingerprint density at radius 2 is 2.00 bits per heavy atom. The maximum absolute atomic E-state index is 11.9. The Bertz CT molecular complexity index is 282. The van der Waals surface area contributed by atoms with Gasteiger partial charge in [0.15, 0.2) is 5.78 Å². The molecule has 0 aromatic carbocycles. The van der Waals surface area contributed by atoms with E-state index < -0.39 is 0 Å². The Balaban J connectivity index is 1.82. The third kappa shape index (κ3) is 3.43. The summed E-state index contributed by atoms with van der Waals surface area (Å²) >= 11 is 0. The molecule has 0 spiro atoms. The van der Waals surface area contributed by atoms with Crippen molar-refractivity contribution in [3.63, 3.8) is 0 Å². The van der Waals surface area contributed by atoms with Crippen LogP contribution in [0.15, 0.2) is 11.6 Å². The first-order valence-electron chi connectivity index (χ1n) is 7.54. The average molecular weight is 234 g/mol. The lowest BCUT2D eigenvalue weighted by Gasteiger charge is -2.30. The molecule has 1 saturated carbocycles. The van der Waals surface area contributed by atoms with Crippen LogP contribution in [0.25, 0.3) is 0 Å². The van der Waals surface area contributed by atoms with Gasteiger partial charge in [-0.25, -0.2) is 0 Å². The van der Waals surface area contributed by atoms with Crippen molar-refractivity contribution in [2.75, 3.05) is 0 Å². The highest BCUT2D eigenvalue weighted by atomic mass is 16.1. The number of Topliss-reactive ketones (excluding diaryl/α,β-unsaturated/α-hetero) is 1. The smallest absolute Gasteiger partial charge is 0.158 e. The summed E-state index contributed by atoms with van der Waals surface area (Å²) in [5, 5.41) is 0. The lowest BCUT2D eigenvalue weighted by molar-refractivity contribution is -0.116. The Morgan fingerprint density at radius 1 is 1.24 bits per heavy atom. The predicted molar refractivity (Wildman–Crippen MR) is 71.9 cm³/mol. The molecule has 0 radical (unpaired) electrons. The molecule has 96 valence electrons. The van der Waals surface area contributed by atoms with Crippen LogP contribution in [-0.2, 0) is 4.79 Å². The topological polar surface area (TPSA) is 17.1 Å². The van der Waals surface area contributed by atoms with E-state index in [4.69, 9.17) is 0 Å². The number of carbonyl (C=O) groups is 1. The van der Waals surface area contributed by atoms with Crippen molar-refractivity contribution < 1.29 is 4.79 Å². The molecule has 0 aromatic heterocycles. The summed E-state index contributed by atoms with van der Waals surface area (Å²) < 4.78 is 0. The quantitative estimate of drug-likeness (QED) is 0.691. The number of unbranched alkanes of at least 4 members (excludes halogenated alkanes) is 1. The summed E-state index contributed by atoms with van der Waals surface area (Å²) in [4.78, 5) is 11.9. The molecule has 0 bridgehead atoms. The number of hydrogen-bond donors (Lipinski definition) is 0. The minimum Gasteiger partial charge on any atom is -0.295 e. The van der Waals surface area contributed by atoms with Crippen LogP contribution < -0.4 is 0 Å². The van der Waals surface area contributed by atoms with Gasteiger partial charge in [-0.3, -0.25) is 4.79 Å². The fourth-order valence-corrected chi connectivity index (χ4v) is 3.43. The molecular weight excluding hydrogens is 208 g/mol. The van der Waals surface area contributed by atoms with Crippen molar-refractivity contribution in [2.45, 2.75) is 71.1 Å². The Labute approximate surface area is 106 Å². The summed E-state index contributed by atoms with van der Waals surface area (Å²) in [5.41, 5.74) is 1.20. The molecule has 0 N–H and O–H groups in total. The van der Waals surface area contributed by atoms with Crippen LogP contribution in [0, 0.1) is 11.8 Å². The third-order valence-electron chi connectivity index (χ3n) is 4.55. The van der Waals surface area contributed by atoms with Crippen LogP contribution in [0.4, 0.5) is 0 Å². The molecular formula is C16H26O. The maximum Gasteiger partial charge on any atom is 0.158 e. The standard InChI is InChI=1S/C16H26O/c1-2-3-6-13-9-11-14(12-10-13)15-7-4-5-8-16(15)17/h7,13-14H,2-6,8-12H2,1H3/t13-,14-. The molecule has 2 aliphatic carbocycles. The lowest BCUT2D eigenvalue weighted by atomic mass is 9.74. The maximum atomic E-state index is 11.9. The van der Waals surface area contributed by atoms with E-state index in [0.717, 1.165) is 25.2 Å². The van der Waals surface area contributed by atoms with Crippen LogP contribution in [0.5, 0.6) is 0 Å². The van der Waals surface area contributed by atoms with E-state index in [1.807, 2.05) is 0 Å². The van der Waals surface area contributed by atoms with Crippen molar-refractivity contribution in [1.82, 2.24) is 0 Å². The summed E-state index contributed by atoms with van der Waals surface area (Å²) in [6.45, 7) is 2.27. The summed E-state index contributed by atoms with van der Waals surface area (Å²) in [5.74, 6) is 2.01. The molecule has 2 aliphatic rings. The Morgan fingerprint density at radius 3 is 2.65 bits per heavy atom. The van der Waals surface area contributed by atoms with E-state index in [2.05, 4.69) is 13.0 Å². The number of rotatable bonds is 4. The molecule has 0 amide bonds. The second kappa shape index (κ2) is 6.37. The van der Waals surface area contributed by atoms with E-state index >= 15 is 0 Å². The second-order valence-corrected chi connectivity index (χ2v) is 5.83. The number of allylic oxidation sites excluding steroid dienone is 2. The van der Waals surface area contributed by atoms with Gasteiger partial charge >= 0.3 is 0 Å². The van der Waals surface area contributed by atoms with Gasteiger partial charge in [-0.2, -0.15) is 0 Å². The largest absolute Gasteiger partial charge is 0.295 e. The van der Waals surface area contributed by atoms with Crippen molar-refractivity contribution in [2.24, 2.45) is 11.8 Å². The van der Waals surface area contributed by atoms with Gasteiger partial charge in [0.25, 0.3) is 0 Å². The molecule has 1 fully saturated rings.